The van der Waals surface area contributed by atoms with Crippen molar-refractivity contribution in [3.8, 4) is 17.2 Å². The number of carbonyl (C=O) groups excluding carboxylic acids is 1. The molecule has 0 atom stereocenters. The molecule has 0 aliphatic heterocycles. The van der Waals surface area contributed by atoms with Crippen LogP contribution in [0.15, 0.2) is 41.3 Å². The number of rotatable bonds is 5. The van der Waals surface area contributed by atoms with Crippen LogP contribution in [0.3, 0.4) is 0 Å². The number of methoxy groups -OCH3 is 3. The lowest BCUT2D eigenvalue weighted by Gasteiger charge is -2.13. The highest BCUT2D eigenvalue weighted by Crippen LogP contribution is 2.39. The molecule has 0 bridgehead atoms. The molecule has 0 saturated heterocycles. The number of benzene rings is 2. The number of ether oxygens (including phenoxy) is 3. The fourth-order valence-electron chi connectivity index (χ4n) is 1.97. The van der Waals surface area contributed by atoms with Crippen LogP contribution in [0.5, 0.6) is 17.2 Å². The number of carbonyl (C=O) groups is 1. The highest BCUT2D eigenvalue weighted by molar-refractivity contribution is 8.14. The first-order valence-corrected chi connectivity index (χ1v) is 7.49. The molecule has 0 fully saturated rings. The molecule has 0 heterocycles. The van der Waals surface area contributed by atoms with Crippen molar-refractivity contribution in [2.45, 2.75) is 11.8 Å². The predicted molar refractivity (Wildman–Crippen MR) is 87.5 cm³/mol. The van der Waals surface area contributed by atoms with Gasteiger partial charge in [0.15, 0.2) is 11.5 Å². The molecule has 0 aliphatic carbocycles. The Balaban J connectivity index is 2.31. The third-order valence-electron chi connectivity index (χ3n) is 3.13. The first kappa shape index (κ1) is 16.2. The fraction of sp³-hybridized carbons (Fsp3) is 0.235. The standard InChI is InChI=1S/C17H18O4S/c1-11-5-7-13(8-6-11)22-17(18)12-9-14(19-2)16(21-4)15(10-12)20-3/h5-10H,1-4H3. The average molecular weight is 318 g/mol. The van der Waals surface area contributed by atoms with Crippen LogP contribution in [-0.4, -0.2) is 26.4 Å². The van der Waals surface area contributed by atoms with Gasteiger partial charge >= 0.3 is 0 Å². The molecule has 0 N–H and O–H groups in total. The van der Waals surface area contributed by atoms with Crippen molar-refractivity contribution in [3.05, 3.63) is 47.5 Å². The first-order chi connectivity index (χ1) is 10.6. The first-order valence-electron chi connectivity index (χ1n) is 6.68. The van der Waals surface area contributed by atoms with Gasteiger partial charge in [-0.05, 0) is 43.0 Å². The summed E-state index contributed by atoms with van der Waals surface area (Å²) < 4.78 is 15.8. The zero-order chi connectivity index (χ0) is 16.1. The van der Waals surface area contributed by atoms with E-state index in [1.54, 1.807) is 12.1 Å². The van der Waals surface area contributed by atoms with E-state index in [2.05, 4.69) is 0 Å². The highest BCUT2D eigenvalue weighted by atomic mass is 32.2. The van der Waals surface area contributed by atoms with Crippen LogP contribution in [0.25, 0.3) is 0 Å². The fourth-order valence-corrected chi connectivity index (χ4v) is 2.69. The Morgan fingerprint density at radius 1 is 0.909 bits per heavy atom. The molecule has 0 radical (unpaired) electrons. The summed E-state index contributed by atoms with van der Waals surface area (Å²) in [5.41, 5.74) is 1.66. The molecule has 0 amide bonds. The Morgan fingerprint density at radius 2 is 1.45 bits per heavy atom. The number of hydrogen-bond donors (Lipinski definition) is 0. The second-order valence-electron chi connectivity index (χ2n) is 4.62. The second kappa shape index (κ2) is 7.22. The summed E-state index contributed by atoms with van der Waals surface area (Å²) in [5, 5.41) is -0.0805. The number of hydrogen-bond acceptors (Lipinski definition) is 5. The SMILES string of the molecule is COc1cc(C(=O)Sc2ccc(C)cc2)cc(OC)c1OC. The summed E-state index contributed by atoms with van der Waals surface area (Å²) >= 11 is 1.17. The molecule has 116 valence electrons. The van der Waals surface area contributed by atoms with E-state index in [9.17, 15) is 4.79 Å². The van der Waals surface area contributed by atoms with Gasteiger partial charge in [0.2, 0.25) is 10.9 Å². The molecule has 0 unspecified atom stereocenters. The maximum Gasteiger partial charge on any atom is 0.224 e. The van der Waals surface area contributed by atoms with E-state index in [0.29, 0.717) is 22.8 Å². The third kappa shape index (κ3) is 3.54. The molecule has 2 aromatic rings. The van der Waals surface area contributed by atoms with Crippen LogP contribution in [0, 0.1) is 6.92 Å². The maximum absolute atomic E-state index is 12.4. The molecule has 0 aromatic heterocycles. The van der Waals surface area contributed by atoms with Gasteiger partial charge in [-0.15, -0.1) is 0 Å². The lowest BCUT2D eigenvalue weighted by molar-refractivity contribution is 0.108. The Hall–Kier alpha value is -2.14. The van der Waals surface area contributed by atoms with Gasteiger partial charge in [-0.25, -0.2) is 0 Å². The lowest BCUT2D eigenvalue weighted by atomic mass is 10.2. The minimum absolute atomic E-state index is 0.0805. The van der Waals surface area contributed by atoms with E-state index in [-0.39, 0.29) is 5.12 Å². The average Bonchev–Trinajstić information content (AvgIpc) is 2.55. The van der Waals surface area contributed by atoms with E-state index in [1.165, 1.54) is 33.1 Å². The minimum Gasteiger partial charge on any atom is -0.493 e. The highest BCUT2D eigenvalue weighted by Gasteiger charge is 2.17. The van der Waals surface area contributed by atoms with Gasteiger partial charge in [0.05, 0.1) is 21.3 Å². The minimum atomic E-state index is -0.0805. The van der Waals surface area contributed by atoms with Crippen LogP contribution >= 0.6 is 11.8 Å². The Morgan fingerprint density at radius 3 is 1.91 bits per heavy atom. The van der Waals surface area contributed by atoms with Crippen LogP contribution in [-0.2, 0) is 0 Å². The third-order valence-corrected chi connectivity index (χ3v) is 4.06. The number of aryl methyl sites for hydroxylation is 1. The van der Waals surface area contributed by atoms with Gasteiger partial charge in [0.1, 0.15) is 0 Å². The van der Waals surface area contributed by atoms with Gasteiger partial charge in [0.25, 0.3) is 0 Å². The molecular weight excluding hydrogens is 300 g/mol. The Labute approximate surface area is 134 Å². The number of thioether (sulfide) groups is 1. The summed E-state index contributed by atoms with van der Waals surface area (Å²) in [6.45, 7) is 2.01. The summed E-state index contributed by atoms with van der Waals surface area (Å²) in [6, 6.07) is 11.1. The van der Waals surface area contributed by atoms with Crippen molar-refractivity contribution in [3.63, 3.8) is 0 Å². The van der Waals surface area contributed by atoms with Crippen molar-refractivity contribution in [2.24, 2.45) is 0 Å². The zero-order valence-electron chi connectivity index (χ0n) is 13.0. The monoisotopic (exact) mass is 318 g/mol. The topological polar surface area (TPSA) is 44.8 Å². The largest absolute Gasteiger partial charge is 0.493 e. The van der Waals surface area contributed by atoms with Crippen molar-refractivity contribution in [1.29, 1.82) is 0 Å². The van der Waals surface area contributed by atoms with Crippen molar-refractivity contribution in [1.82, 2.24) is 0 Å². The lowest BCUT2D eigenvalue weighted by Crippen LogP contribution is -2.00. The maximum atomic E-state index is 12.4. The van der Waals surface area contributed by atoms with E-state index in [1.807, 2.05) is 31.2 Å². The molecule has 4 nitrogen and oxygen atoms in total. The summed E-state index contributed by atoms with van der Waals surface area (Å²) in [4.78, 5) is 13.3. The predicted octanol–water partition coefficient (Wildman–Crippen LogP) is 3.95. The van der Waals surface area contributed by atoms with E-state index >= 15 is 0 Å². The van der Waals surface area contributed by atoms with Crippen molar-refractivity contribution < 1.29 is 19.0 Å². The molecular formula is C17H18O4S. The quantitative estimate of drug-likeness (QED) is 0.781. The van der Waals surface area contributed by atoms with Gasteiger partial charge < -0.3 is 14.2 Å². The van der Waals surface area contributed by atoms with Gasteiger partial charge in [-0.3, -0.25) is 4.79 Å². The van der Waals surface area contributed by atoms with Gasteiger partial charge in [0, 0.05) is 10.5 Å². The Kier molecular flexibility index (Phi) is 5.33. The van der Waals surface area contributed by atoms with Crippen LogP contribution in [0.1, 0.15) is 15.9 Å². The molecule has 0 aliphatic rings. The van der Waals surface area contributed by atoms with Gasteiger partial charge in [-0.1, -0.05) is 17.7 Å². The zero-order valence-corrected chi connectivity index (χ0v) is 13.8. The smallest absolute Gasteiger partial charge is 0.224 e. The molecule has 22 heavy (non-hydrogen) atoms. The van der Waals surface area contributed by atoms with Crippen LogP contribution in [0.4, 0.5) is 0 Å². The molecule has 5 heteroatoms. The van der Waals surface area contributed by atoms with Crippen molar-refractivity contribution >= 4 is 16.9 Å². The molecule has 0 spiro atoms. The van der Waals surface area contributed by atoms with E-state index in [4.69, 9.17) is 14.2 Å². The normalized spacial score (nSPS) is 10.2. The second-order valence-corrected chi connectivity index (χ2v) is 5.66. The van der Waals surface area contributed by atoms with E-state index in [0.717, 1.165) is 10.5 Å². The van der Waals surface area contributed by atoms with Crippen molar-refractivity contribution in [2.75, 3.05) is 21.3 Å². The summed E-state index contributed by atoms with van der Waals surface area (Å²) in [7, 11) is 4.58. The summed E-state index contributed by atoms with van der Waals surface area (Å²) in [5.74, 6) is 1.41. The molecule has 2 rings (SSSR count). The van der Waals surface area contributed by atoms with Crippen LogP contribution in [0.2, 0.25) is 0 Å². The van der Waals surface area contributed by atoms with Gasteiger partial charge in [-0.2, -0.15) is 0 Å². The summed E-state index contributed by atoms with van der Waals surface area (Å²) in [6.07, 6.45) is 0. The van der Waals surface area contributed by atoms with Crippen LogP contribution < -0.4 is 14.2 Å². The molecule has 2 aromatic carbocycles. The Bertz CT molecular complexity index is 640. The molecule has 0 saturated carbocycles. The van der Waals surface area contributed by atoms with E-state index < -0.39 is 0 Å².